The number of amides is 2. The number of nitrogens with one attached hydrogen (secondary N) is 2. The van der Waals surface area contributed by atoms with Crippen LogP contribution in [0.2, 0.25) is 5.02 Å². The van der Waals surface area contributed by atoms with E-state index in [1.807, 2.05) is 6.92 Å². The summed E-state index contributed by atoms with van der Waals surface area (Å²) >= 11 is 7.17. The summed E-state index contributed by atoms with van der Waals surface area (Å²) in [6.45, 7) is 5.13. The lowest BCUT2D eigenvalue weighted by Crippen LogP contribution is -2.28. The van der Waals surface area contributed by atoms with Gasteiger partial charge in [-0.25, -0.2) is 9.78 Å². The van der Waals surface area contributed by atoms with Crippen LogP contribution in [0.4, 0.5) is 11.4 Å². The number of esters is 1. The van der Waals surface area contributed by atoms with E-state index in [1.54, 1.807) is 56.3 Å². The molecule has 4 aromatic rings. The molecule has 2 heterocycles. The molecule has 4 rings (SSSR count). The van der Waals surface area contributed by atoms with E-state index in [1.165, 1.54) is 10.9 Å². The molecule has 0 radical (unpaired) electrons. The minimum absolute atomic E-state index is 0.200. The van der Waals surface area contributed by atoms with Crippen molar-refractivity contribution in [2.45, 2.75) is 27.3 Å². The Morgan fingerprint density at radius 3 is 2.59 bits per heavy atom. The smallest absolute Gasteiger partial charge is 0.340 e. The van der Waals surface area contributed by atoms with Gasteiger partial charge in [-0.3, -0.25) is 19.0 Å². The summed E-state index contributed by atoms with van der Waals surface area (Å²) in [5.74, 6) is -1.47. The van der Waals surface area contributed by atoms with Gasteiger partial charge in [-0.1, -0.05) is 29.8 Å². The molecule has 2 amide bonds. The van der Waals surface area contributed by atoms with Gasteiger partial charge in [0.15, 0.2) is 0 Å². The fourth-order valence-corrected chi connectivity index (χ4v) is 4.89. The largest absolute Gasteiger partial charge is 0.462 e. The molecule has 0 aliphatic heterocycles. The number of rotatable bonds is 7. The number of para-hydroxylation sites is 1. The van der Waals surface area contributed by atoms with Crippen LogP contribution in [-0.4, -0.2) is 33.9 Å². The molecule has 2 N–H and O–H groups in total. The molecule has 190 valence electrons. The van der Waals surface area contributed by atoms with Gasteiger partial charge in [0.1, 0.15) is 11.4 Å². The fourth-order valence-electron chi connectivity index (χ4n) is 3.67. The van der Waals surface area contributed by atoms with Gasteiger partial charge in [-0.15, -0.1) is 11.3 Å². The highest BCUT2D eigenvalue weighted by molar-refractivity contribution is 7.20. The van der Waals surface area contributed by atoms with Crippen LogP contribution in [-0.2, 0) is 16.1 Å². The van der Waals surface area contributed by atoms with Crippen LogP contribution in [0, 0.1) is 13.8 Å². The predicted octanol–water partition coefficient (Wildman–Crippen LogP) is 4.80. The summed E-state index contributed by atoms with van der Waals surface area (Å²) in [5, 5.41) is 6.21. The van der Waals surface area contributed by atoms with E-state index >= 15 is 0 Å². The number of nitrogens with zero attached hydrogens (tertiary/aromatic N) is 2. The van der Waals surface area contributed by atoms with Crippen LogP contribution >= 0.6 is 22.9 Å². The maximum absolute atomic E-state index is 13.2. The molecule has 0 saturated carbocycles. The fraction of sp³-hybridized carbons (Fsp3) is 0.192. The molecule has 0 unspecified atom stereocenters. The van der Waals surface area contributed by atoms with Crippen molar-refractivity contribution in [3.63, 3.8) is 0 Å². The highest BCUT2D eigenvalue weighted by Crippen LogP contribution is 2.28. The van der Waals surface area contributed by atoms with E-state index in [4.69, 9.17) is 16.3 Å². The van der Waals surface area contributed by atoms with Crippen molar-refractivity contribution < 1.29 is 19.1 Å². The normalized spacial score (nSPS) is 10.8. The number of carbonyl (C=O) groups excluding carboxylic acids is 3. The topological polar surface area (TPSA) is 119 Å². The molecule has 0 aliphatic carbocycles. The van der Waals surface area contributed by atoms with Crippen molar-refractivity contribution >= 4 is 62.3 Å². The maximum atomic E-state index is 13.2. The van der Waals surface area contributed by atoms with Crippen molar-refractivity contribution in [1.82, 2.24) is 9.55 Å². The summed E-state index contributed by atoms with van der Waals surface area (Å²) < 4.78 is 6.24. The van der Waals surface area contributed by atoms with E-state index in [0.29, 0.717) is 26.8 Å². The molecule has 0 bridgehead atoms. The molecule has 0 spiro atoms. The SMILES string of the molecule is CCOC(=O)c1ccccc1NC(=O)c1sc2ncn(CC(=O)Nc3ccc(C)c(Cl)c3)c(=O)c2c1C. The predicted molar refractivity (Wildman–Crippen MR) is 144 cm³/mol. The number of anilines is 2. The zero-order valence-electron chi connectivity index (χ0n) is 20.3. The number of thiophene rings is 1. The number of aromatic nitrogens is 2. The number of benzene rings is 2. The Labute approximate surface area is 221 Å². The molecular weight excluding hydrogens is 516 g/mol. The summed E-state index contributed by atoms with van der Waals surface area (Å²) in [7, 11) is 0. The molecule has 0 aliphatic rings. The summed E-state index contributed by atoms with van der Waals surface area (Å²) in [4.78, 5) is 56.0. The number of fused-ring (bicyclic) bond motifs is 1. The number of hydrogen-bond donors (Lipinski definition) is 2. The Bertz CT molecular complexity index is 1590. The first kappa shape index (κ1) is 26.1. The van der Waals surface area contributed by atoms with E-state index in [9.17, 15) is 19.2 Å². The van der Waals surface area contributed by atoms with Gasteiger partial charge < -0.3 is 15.4 Å². The van der Waals surface area contributed by atoms with E-state index in [0.717, 1.165) is 16.9 Å². The first-order valence-electron chi connectivity index (χ1n) is 11.3. The highest BCUT2D eigenvalue weighted by Gasteiger charge is 2.22. The van der Waals surface area contributed by atoms with Gasteiger partial charge in [0.25, 0.3) is 11.5 Å². The molecule has 11 heteroatoms. The van der Waals surface area contributed by atoms with Gasteiger partial charge in [0.2, 0.25) is 5.91 Å². The van der Waals surface area contributed by atoms with Gasteiger partial charge in [-0.2, -0.15) is 0 Å². The van der Waals surface area contributed by atoms with Gasteiger partial charge >= 0.3 is 5.97 Å². The monoisotopic (exact) mass is 538 g/mol. The number of hydrogen-bond acceptors (Lipinski definition) is 7. The van der Waals surface area contributed by atoms with Gasteiger partial charge in [-0.05, 0) is 56.2 Å². The maximum Gasteiger partial charge on any atom is 0.340 e. The first-order chi connectivity index (χ1) is 17.7. The molecule has 9 nitrogen and oxygen atoms in total. The lowest BCUT2D eigenvalue weighted by Gasteiger charge is -2.10. The minimum Gasteiger partial charge on any atom is -0.462 e. The van der Waals surface area contributed by atoms with Crippen LogP contribution in [0.25, 0.3) is 10.2 Å². The van der Waals surface area contributed by atoms with Gasteiger partial charge in [0.05, 0.1) is 34.4 Å². The van der Waals surface area contributed by atoms with Crippen LogP contribution in [0.3, 0.4) is 0 Å². The molecule has 37 heavy (non-hydrogen) atoms. The lowest BCUT2D eigenvalue weighted by atomic mass is 10.1. The average molecular weight is 539 g/mol. The van der Waals surface area contributed by atoms with E-state index in [-0.39, 0.29) is 29.0 Å². The van der Waals surface area contributed by atoms with Crippen LogP contribution in [0.1, 0.15) is 38.1 Å². The lowest BCUT2D eigenvalue weighted by molar-refractivity contribution is -0.116. The number of carbonyl (C=O) groups is 3. The number of ether oxygens (including phenoxy) is 1. The molecule has 0 fully saturated rings. The second-order valence-electron chi connectivity index (χ2n) is 8.15. The molecular formula is C26H23ClN4O5S. The zero-order chi connectivity index (χ0) is 26.7. The van der Waals surface area contributed by atoms with Crippen molar-refractivity contribution in [2.24, 2.45) is 0 Å². The summed E-state index contributed by atoms with van der Waals surface area (Å²) in [6, 6.07) is 11.6. The second-order valence-corrected chi connectivity index (χ2v) is 9.55. The Balaban J connectivity index is 1.58. The van der Waals surface area contributed by atoms with Gasteiger partial charge in [0, 0.05) is 10.7 Å². The Kier molecular flexibility index (Phi) is 7.70. The van der Waals surface area contributed by atoms with Crippen molar-refractivity contribution in [1.29, 1.82) is 0 Å². The van der Waals surface area contributed by atoms with Crippen LogP contribution < -0.4 is 16.2 Å². The summed E-state index contributed by atoms with van der Waals surface area (Å²) in [6.07, 6.45) is 1.28. The number of halogens is 1. The molecule has 2 aromatic heterocycles. The van der Waals surface area contributed by atoms with Crippen molar-refractivity contribution in [3.8, 4) is 0 Å². The highest BCUT2D eigenvalue weighted by atomic mass is 35.5. The molecule has 0 saturated heterocycles. The Morgan fingerprint density at radius 1 is 1.11 bits per heavy atom. The summed E-state index contributed by atoms with van der Waals surface area (Å²) in [5.41, 5.74) is 1.89. The Morgan fingerprint density at radius 2 is 1.86 bits per heavy atom. The van der Waals surface area contributed by atoms with E-state index < -0.39 is 23.3 Å². The second kappa shape index (κ2) is 10.9. The molecule has 0 atom stereocenters. The third kappa shape index (κ3) is 5.55. The van der Waals surface area contributed by atoms with E-state index in [2.05, 4.69) is 15.6 Å². The third-order valence-electron chi connectivity index (χ3n) is 5.56. The quantitative estimate of drug-likeness (QED) is 0.326. The number of aryl methyl sites for hydroxylation is 2. The van der Waals surface area contributed by atoms with Crippen molar-refractivity contribution in [2.75, 3.05) is 17.2 Å². The third-order valence-corrected chi connectivity index (χ3v) is 7.17. The van der Waals surface area contributed by atoms with Crippen LogP contribution in [0.5, 0.6) is 0 Å². The Hall–Kier alpha value is -4.02. The van der Waals surface area contributed by atoms with Crippen molar-refractivity contribution in [3.05, 3.63) is 85.7 Å². The first-order valence-corrected chi connectivity index (χ1v) is 12.5. The minimum atomic E-state index is -0.554. The average Bonchev–Trinajstić information content (AvgIpc) is 3.20. The standard InChI is InChI=1S/C26H23ClN4O5S/c1-4-36-26(35)17-7-5-6-8-19(17)30-23(33)22-15(3)21-24(37-22)28-13-31(25(21)34)12-20(32)29-16-10-9-14(2)18(27)11-16/h5-11,13H,4,12H2,1-3H3,(H,29,32)(H,30,33). The molecule has 2 aromatic carbocycles. The van der Waals surface area contributed by atoms with Crippen LogP contribution in [0.15, 0.2) is 53.6 Å². The zero-order valence-corrected chi connectivity index (χ0v) is 21.8.